The van der Waals surface area contributed by atoms with E-state index in [9.17, 15) is 20.5 Å². The molecule has 0 aliphatic carbocycles. The summed E-state index contributed by atoms with van der Waals surface area (Å²) in [5.41, 5.74) is 0.612. The molecule has 4 rings (SSSR count). The number of nitrogens with zero attached hydrogens (tertiary/aromatic N) is 1. The van der Waals surface area contributed by atoms with Crippen LogP contribution < -0.4 is 4.74 Å². The molecule has 2 heterocycles. The normalized spacial score (nSPS) is 32.2. The molecular weight excluding hydrogens is 438 g/mol. The van der Waals surface area contributed by atoms with Crippen LogP contribution in [0.3, 0.4) is 0 Å². The summed E-state index contributed by atoms with van der Waals surface area (Å²) in [6, 6.07) is 12.7. The van der Waals surface area contributed by atoms with E-state index in [1.807, 2.05) is 31.2 Å². The van der Waals surface area contributed by atoms with E-state index in [0.717, 1.165) is 16.9 Å². The topological polar surface area (TPSA) is 121 Å². The van der Waals surface area contributed by atoms with Gasteiger partial charge < -0.3 is 34.7 Å². The highest BCUT2D eigenvalue weighted by Gasteiger charge is 2.68. The Morgan fingerprint density at radius 1 is 1.16 bits per heavy atom. The van der Waals surface area contributed by atoms with Crippen molar-refractivity contribution in [1.29, 1.82) is 0 Å². The zero-order valence-corrected chi connectivity index (χ0v) is 18.5. The summed E-state index contributed by atoms with van der Waals surface area (Å²) in [7, 11) is 0. The molecule has 0 radical (unpaired) electrons. The summed E-state index contributed by atoms with van der Waals surface area (Å²) in [4.78, 5) is 0. The maximum atomic E-state index is 10.8. The van der Waals surface area contributed by atoms with Crippen LogP contribution in [0.4, 0.5) is 0 Å². The number of benzene rings is 2. The number of hydrogen-bond donors (Lipinski definition) is 4. The van der Waals surface area contributed by atoms with Gasteiger partial charge in [0.25, 0.3) is 0 Å². The Morgan fingerprint density at radius 2 is 1.88 bits per heavy atom. The molecule has 2 bridgehead atoms. The Hall–Kier alpha value is -2.20. The molecule has 4 N–H and O–H groups in total. The van der Waals surface area contributed by atoms with Crippen LogP contribution in [-0.2, 0) is 21.7 Å². The largest absolute Gasteiger partial charge is 0.494 e. The van der Waals surface area contributed by atoms with E-state index in [2.05, 4.69) is 5.16 Å². The number of aliphatic hydroxyl groups excluding tert-OH is 3. The van der Waals surface area contributed by atoms with Gasteiger partial charge in [0.15, 0.2) is 5.60 Å². The third kappa shape index (κ3) is 3.57. The Balaban J connectivity index is 1.69. The monoisotopic (exact) mass is 463 g/mol. The van der Waals surface area contributed by atoms with Crippen molar-refractivity contribution in [2.45, 2.75) is 50.0 Å². The summed E-state index contributed by atoms with van der Waals surface area (Å²) < 4.78 is 17.4. The van der Waals surface area contributed by atoms with Crippen molar-refractivity contribution >= 4 is 17.3 Å². The van der Waals surface area contributed by atoms with Crippen LogP contribution in [0, 0.1) is 0 Å². The van der Waals surface area contributed by atoms with Crippen LogP contribution in [0.1, 0.15) is 30.5 Å². The van der Waals surface area contributed by atoms with Crippen molar-refractivity contribution in [1.82, 2.24) is 0 Å². The number of rotatable bonds is 6. The first-order valence-electron chi connectivity index (χ1n) is 10.4. The number of aliphatic hydroxyl groups is 3. The second kappa shape index (κ2) is 8.62. The molecule has 9 heteroatoms. The smallest absolute Gasteiger partial charge is 0.225 e. The van der Waals surface area contributed by atoms with Crippen molar-refractivity contribution in [3.63, 3.8) is 0 Å². The first-order valence-corrected chi connectivity index (χ1v) is 10.7. The maximum absolute atomic E-state index is 10.8. The summed E-state index contributed by atoms with van der Waals surface area (Å²) in [5, 5.41) is 44.9. The molecule has 0 unspecified atom stereocenters. The molecule has 2 aromatic carbocycles. The van der Waals surface area contributed by atoms with E-state index in [1.54, 1.807) is 18.2 Å². The molecule has 0 aromatic heterocycles. The summed E-state index contributed by atoms with van der Waals surface area (Å²) in [5.74, 6) is -0.985. The van der Waals surface area contributed by atoms with Crippen molar-refractivity contribution in [2.75, 3.05) is 13.2 Å². The molecule has 2 aliphatic rings. The first-order chi connectivity index (χ1) is 15.3. The number of fused-ring (bicyclic) bond motifs is 2. The lowest BCUT2D eigenvalue weighted by Crippen LogP contribution is -2.66. The molecule has 0 amide bonds. The van der Waals surface area contributed by atoms with E-state index in [1.165, 1.54) is 6.92 Å². The third-order valence-corrected chi connectivity index (χ3v) is 6.56. The van der Waals surface area contributed by atoms with E-state index < -0.39 is 29.7 Å². The molecule has 32 heavy (non-hydrogen) atoms. The Bertz CT molecular complexity index is 1010. The minimum atomic E-state index is -1.76. The Labute approximate surface area is 190 Å². The second-order valence-corrected chi connectivity index (χ2v) is 8.48. The van der Waals surface area contributed by atoms with Crippen molar-refractivity contribution in [3.8, 4) is 5.75 Å². The van der Waals surface area contributed by atoms with Gasteiger partial charge in [0.1, 0.15) is 24.1 Å². The predicted molar refractivity (Wildman–Crippen MR) is 116 cm³/mol. The second-order valence-electron chi connectivity index (χ2n) is 8.07. The van der Waals surface area contributed by atoms with Gasteiger partial charge in [-0.1, -0.05) is 35.0 Å². The van der Waals surface area contributed by atoms with E-state index >= 15 is 0 Å². The first kappa shape index (κ1) is 23.0. The number of ether oxygens (including phenoxy) is 3. The van der Waals surface area contributed by atoms with Gasteiger partial charge in [-0.2, -0.15) is 0 Å². The van der Waals surface area contributed by atoms with Gasteiger partial charge in [0.05, 0.1) is 18.9 Å². The molecule has 2 aromatic rings. The number of halogens is 1. The van der Waals surface area contributed by atoms with Crippen LogP contribution >= 0.6 is 11.6 Å². The maximum Gasteiger partial charge on any atom is 0.225 e. The highest BCUT2D eigenvalue weighted by atomic mass is 35.5. The van der Waals surface area contributed by atoms with E-state index in [0.29, 0.717) is 23.6 Å². The summed E-state index contributed by atoms with van der Waals surface area (Å²) in [6.45, 7) is 3.74. The van der Waals surface area contributed by atoms with Crippen LogP contribution in [0.5, 0.6) is 5.75 Å². The lowest BCUT2D eigenvalue weighted by molar-refractivity contribution is -0.313. The van der Waals surface area contributed by atoms with Gasteiger partial charge in [0.2, 0.25) is 5.79 Å². The van der Waals surface area contributed by atoms with Crippen LogP contribution in [0.15, 0.2) is 47.6 Å². The van der Waals surface area contributed by atoms with Gasteiger partial charge in [-0.05, 0) is 55.7 Å². The molecule has 2 aliphatic heterocycles. The van der Waals surface area contributed by atoms with Gasteiger partial charge in [-0.15, -0.1) is 0 Å². The molecule has 172 valence electrons. The van der Waals surface area contributed by atoms with Crippen LogP contribution in [0.2, 0.25) is 5.02 Å². The zero-order chi connectivity index (χ0) is 23.1. The fourth-order valence-corrected chi connectivity index (χ4v) is 4.50. The molecule has 8 nitrogen and oxygen atoms in total. The minimum Gasteiger partial charge on any atom is -0.494 e. The van der Waals surface area contributed by atoms with Crippen molar-refractivity contribution in [2.24, 2.45) is 5.16 Å². The van der Waals surface area contributed by atoms with Crippen molar-refractivity contribution in [3.05, 3.63) is 64.2 Å². The fourth-order valence-electron chi connectivity index (χ4n) is 4.32. The molecular formula is C23H26ClNO7. The molecule has 0 spiro atoms. The standard InChI is InChI=1S/C23H26ClNO7/c1-3-30-17-7-4-14(5-8-17)10-15-11-16(6-9-18(15)24)23-21(28)19(26)20(27)22(32-23,12-31-23)13(2)25-29/h4-9,11,19-21,26-29H,3,10,12H2,1-2H3/b25-13+/t19-,20-,21+,22+,23-/m0/s1. The minimum absolute atomic E-state index is 0.0291. The number of oxime groups is 1. The SMILES string of the molecule is CCOc1ccc(Cc2cc([C@]34OC[C@](/C(C)=N/O)(O3)[C@@H](O)[C@H](O)[C@H]4O)ccc2Cl)cc1. The summed E-state index contributed by atoms with van der Waals surface area (Å²) >= 11 is 6.44. The Morgan fingerprint density at radius 3 is 2.53 bits per heavy atom. The van der Waals surface area contributed by atoms with Crippen LogP contribution in [0.25, 0.3) is 0 Å². The van der Waals surface area contributed by atoms with Crippen LogP contribution in [-0.4, -0.2) is 63.4 Å². The average molecular weight is 464 g/mol. The molecule has 5 atom stereocenters. The number of hydrogen-bond acceptors (Lipinski definition) is 8. The zero-order valence-electron chi connectivity index (χ0n) is 17.7. The van der Waals surface area contributed by atoms with Gasteiger partial charge in [-0.25, -0.2) is 0 Å². The third-order valence-electron chi connectivity index (χ3n) is 6.19. The molecule has 0 saturated carbocycles. The van der Waals surface area contributed by atoms with Gasteiger partial charge in [0, 0.05) is 10.6 Å². The predicted octanol–water partition coefficient (Wildman–Crippen LogP) is 2.21. The van der Waals surface area contributed by atoms with E-state index in [4.69, 9.17) is 25.8 Å². The van der Waals surface area contributed by atoms with Crippen molar-refractivity contribution < 1.29 is 34.7 Å². The lowest BCUT2D eigenvalue weighted by Gasteiger charge is -2.46. The average Bonchev–Trinajstić information content (AvgIpc) is 3.19. The molecule has 2 saturated heterocycles. The Kier molecular flexibility index (Phi) is 6.19. The summed E-state index contributed by atoms with van der Waals surface area (Å²) in [6.07, 6.45) is -4.22. The molecule has 2 fully saturated rings. The van der Waals surface area contributed by atoms with Gasteiger partial charge >= 0.3 is 0 Å². The quantitative estimate of drug-likeness (QED) is 0.294. The highest BCUT2D eigenvalue weighted by Crippen LogP contribution is 2.50. The highest BCUT2D eigenvalue weighted by molar-refractivity contribution is 6.31. The van der Waals surface area contributed by atoms with E-state index in [-0.39, 0.29) is 12.3 Å². The fraction of sp³-hybridized carbons (Fsp3) is 0.435. The van der Waals surface area contributed by atoms with Gasteiger partial charge in [-0.3, -0.25) is 0 Å². The lowest BCUT2D eigenvalue weighted by atomic mass is 9.81.